The van der Waals surface area contributed by atoms with E-state index >= 15 is 0 Å². The van der Waals surface area contributed by atoms with Crippen LogP contribution in [0.15, 0.2) is 59.5 Å². The minimum atomic E-state index is -2.45. The van der Waals surface area contributed by atoms with Crippen LogP contribution in [0.1, 0.15) is 5.69 Å². The molecule has 0 saturated heterocycles. The Morgan fingerprint density at radius 2 is 1.88 bits per heavy atom. The maximum Gasteiger partial charge on any atom is 0.288 e. The van der Waals surface area contributed by atoms with Crippen LogP contribution in [0.2, 0.25) is 0 Å². The van der Waals surface area contributed by atoms with Crippen molar-refractivity contribution in [2.24, 2.45) is 0 Å². The van der Waals surface area contributed by atoms with E-state index in [9.17, 15) is 13.6 Å². The van der Waals surface area contributed by atoms with Crippen LogP contribution in [0.3, 0.4) is 0 Å². The zero-order valence-corrected chi connectivity index (χ0v) is 13.8. The number of nitrogens with zero attached hydrogens (tertiary/aromatic N) is 1. The highest BCUT2D eigenvalue weighted by atomic mass is 32.2. The average molecular weight is 346 g/mol. The number of anilines is 1. The Bertz CT molecular complexity index is 859. The zero-order chi connectivity index (χ0) is 17.1. The molecule has 0 aliphatic heterocycles. The fraction of sp³-hybridized carbons (Fsp3) is 0.167. The number of rotatable bonds is 5. The molecular weight excluding hydrogens is 330 g/mol. The maximum absolute atomic E-state index is 12.3. The highest BCUT2D eigenvalue weighted by molar-refractivity contribution is 7.99. The SMILES string of the molecule is Cc1cc2ccccc2n1CC(=O)Nc1ccc(SC(F)F)cc1. The van der Waals surface area contributed by atoms with Gasteiger partial charge in [-0.1, -0.05) is 30.0 Å². The fourth-order valence-corrected chi connectivity index (χ4v) is 3.12. The van der Waals surface area contributed by atoms with E-state index in [0.717, 1.165) is 16.6 Å². The van der Waals surface area contributed by atoms with Crippen LogP contribution in [0.4, 0.5) is 14.5 Å². The van der Waals surface area contributed by atoms with Gasteiger partial charge in [-0.2, -0.15) is 8.78 Å². The molecule has 0 saturated carbocycles. The Labute approximate surface area is 142 Å². The van der Waals surface area contributed by atoms with Gasteiger partial charge in [-0.15, -0.1) is 0 Å². The number of aromatic nitrogens is 1. The summed E-state index contributed by atoms with van der Waals surface area (Å²) in [6.45, 7) is 2.16. The Balaban J connectivity index is 1.70. The van der Waals surface area contributed by atoms with Gasteiger partial charge in [0.1, 0.15) is 6.54 Å². The molecule has 0 bridgehead atoms. The molecule has 0 spiro atoms. The van der Waals surface area contributed by atoms with Gasteiger partial charge in [0.25, 0.3) is 5.76 Å². The molecule has 1 aromatic heterocycles. The van der Waals surface area contributed by atoms with E-state index in [1.54, 1.807) is 24.3 Å². The molecule has 0 aliphatic rings. The van der Waals surface area contributed by atoms with Crippen molar-refractivity contribution < 1.29 is 13.6 Å². The maximum atomic E-state index is 12.3. The molecule has 1 amide bonds. The molecule has 124 valence electrons. The van der Waals surface area contributed by atoms with Gasteiger partial charge in [0.15, 0.2) is 0 Å². The van der Waals surface area contributed by atoms with Gasteiger partial charge in [-0.3, -0.25) is 4.79 Å². The number of carbonyl (C=O) groups excluding carboxylic acids is 1. The van der Waals surface area contributed by atoms with Crippen molar-refractivity contribution in [3.8, 4) is 0 Å². The summed E-state index contributed by atoms with van der Waals surface area (Å²) in [7, 11) is 0. The molecule has 0 fully saturated rings. The van der Waals surface area contributed by atoms with E-state index in [1.807, 2.05) is 41.8 Å². The Hall–Kier alpha value is -2.34. The van der Waals surface area contributed by atoms with Crippen LogP contribution in [0.5, 0.6) is 0 Å². The monoisotopic (exact) mass is 346 g/mol. The lowest BCUT2D eigenvalue weighted by atomic mass is 10.2. The molecule has 0 radical (unpaired) electrons. The van der Waals surface area contributed by atoms with Crippen molar-refractivity contribution in [3.05, 3.63) is 60.3 Å². The number of thioether (sulfide) groups is 1. The second-order valence-electron chi connectivity index (χ2n) is 5.38. The highest BCUT2D eigenvalue weighted by Gasteiger charge is 2.10. The minimum absolute atomic E-state index is 0.159. The van der Waals surface area contributed by atoms with Crippen LogP contribution in [0.25, 0.3) is 10.9 Å². The predicted molar refractivity (Wildman–Crippen MR) is 93.6 cm³/mol. The molecule has 1 heterocycles. The molecule has 0 atom stereocenters. The Kier molecular flexibility index (Phi) is 4.85. The van der Waals surface area contributed by atoms with Crippen molar-refractivity contribution in [3.63, 3.8) is 0 Å². The number of alkyl halides is 2. The summed E-state index contributed by atoms with van der Waals surface area (Å²) in [5.74, 6) is -2.61. The van der Waals surface area contributed by atoms with Gasteiger partial charge >= 0.3 is 0 Å². The van der Waals surface area contributed by atoms with Gasteiger partial charge in [0.2, 0.25) is 5.91 Å². The van der Waals surface area contributed by atoms with Crippen molar-refractivity contribution >= 4 is 34.3 Å². The summed E-state index contributed by atoms with van der Waals surface area (Å²) in [5, 5.41) is 3.89. The number of para-hydroxylation sites is 1. The second-order valence-corrected chi connectivity index (χ2v) is 6.45. The Morgan fingerprint density at radius 3 is 2.58 bits per heavy atom. The molecule has 3 rings (SSSR count). The summed E-state index contributed by atoms with van der Waals surface area (Å²) in [4.78, 5) is 12.7. The van der Waals surface area contributed by atoms with Gasteiger partial charge in [-0.25, -0.2) is 0 Å². The topological polar surface area (TPSA) is 34.0 Å². The first-order chi connectivity index (χ1) is 11.5. The van der Waals surface area contributed by atoms with Crippen molar-refractivity contribution in [2.75, 3.05) is 5.32 Å². The van der Waals surface area contributed by atoms with Gasteiger partial charge in [-0.05, 0) is 48.7 Å². The number of nitrogens with one attached hydrogen (secondary N) is 1. The molecular formula is C18H16F2N2OS. The largest absolute Gasteiger partial charge is 0.335 e. The van der Waals surface area contributed by atoms with E-state index in [4.69, 9.17) is 0 Å². The lowest BCUT2D eigenvalue weighted by molar-refractivity contribution is -0.116. The van der Waals surface area contributed by atoms with Gasteiger partial charge in [0, 0.05) is 21.8 Å². The summed E-state index contributed by atoms with van der Waals surface area (Å²) in [5.41, 5.74) is 2.61. The minimum Gasteiger partial charge on any atom is -0.335 e. The lowest BCUT2D eigenvalue weighted by Gasteiger charge is -2.10. The van der Waals surface area contributed by atoms with Crippen molar-refractivity contribution in [2.45, 2.75) is 24.1 Å². The summed E-state index contributed by atoms with van der Waals surface area (Å²) in [6.07, 6.45) is 0. The molecule has 3 nitrogen and oxygen atoms in total. The molecule has 6 heteroatoms. The average Bonchev–Trinajstić information content (AvgIpc) is 2.85. The van der Waals surface area contributed by atoms with E-state index in [2.05, 4.69) is 5.32 Å². The van der Waals surface area contributed by atoms with Crippen molar-refractivity contribution in [1.82, 2.24) is 4.57 Å². The third-order valence-corrected chi connectivity index (χ3v) is 4.41. The molecule has 0 aliphatic carbocycles. The van der Waals surface area contributed by atoms with Gasteiger partial charge < -0.3 is 9.88 Å². The fourth-order valence-electron chi connectivity index (χ4n) is 2.62. The summed E-state index contributed by atoms with van der Waals surface area (Å²) in [6, 6.07) is 16.3. The first-order valence-corrected chi connectivity index (χ1v) is 8.30. The van der Waals surface area contributed by atoms with Gasteiger partial charge in [0.05, 0.1) is 0 Å². The molecule has 3 aromatic rings. The number of hydrogen-bond donors (Lipinski definition) is 1. The quantitative estimate of drug-likeness (QED) is 0.667. The molecule has 1 N–H and O–H groups in total. The second kappa shape index (κ2) is 7.05. The third-order valence-electron chi connectivity index (χ3n) is 3.68. The lowest BCUT2D eigenvalue weighted by Crippen LogP contribution is -2.19. The highest BCUT2D eigenvalue weighted by Crippen LogP contribution is 2.26. The summed E-state index contributed by atoms with van der Waals surface area (Å²) >= 11 is 0.483. The first kappa shape index (κ1) is 16.5. The number of carbonyl (C=O) groups is 1. The summed E-state index contributed by atoms with van der Waals surface area (Å²) < 4.78 is 26.5. The van der Waals surface area contributed by atoms with E-state index in [1.165, 1.54) is 0 Å². The number of aryl methyl sites for hydroxylation is 1. The predicted octanol–water partition coefficient (Wildman–Crippen LogP) is 4.90. The van der Waals surface area contributed by atoms with Crippen LogP contribution in [-0.4, -0.2) is 16.2 Å². The molecule has 0 unspecified atom stereocenters. The van der Waals surface area contributed by atoms with Crippen LogP contribution in [-0.2, 0) is 11.3 Å². The number of benzene rings is 2. The van der Waals surface area contributed by atoms with E-state index in [0.29, 0.717) is 22.3 Å². The van der Waals surface area contributed by atoms with Crippen LogP contribution < -0.4 is 5.32 Å². The normalized spacial score (nSPS) is 11.2. The van der Waals surface area contributed by atoms with Crippen LogP contribution in [0, 0.1) is 6.92 Å². The molecule has 24 heavy (non-hydrogen) atoms. The first-order valence-electron chi connectivity index (χ1n) is 7.42. The van der Waals surface area contributed by atoms with Crippen molar-refractivity contribution in [1.29, 1.82) is 0 Å². The number of amides is 1. The van der Waals surface area contributed by atoms with E-state index in [-0.39, 0.29) is 12.5 Å². The standard InChI is InChI=1S/C18H16F2N2OS/c1-12-10-13-4-2-3-5-16(13)22(12)11-17(23)21-14-6-8-15(9-7-14)24-18(19)20/h2-10,18H,11H2,1H3,(H,21,23). The smallest absolute Gasteiger partial charge is 0.288 e. The number of halogens is 2. The molecule has 2 aromatic carbocycles. The Morgan fingerprint density at radius 1 is 1.17 bits per heavy atom. The van der Waals surface area contributed by atoms with Crippen LogP contribution >= 0.6 is 11.8 Å². The number of hydrogen-bond acceptors (Lipinski definition) is 2. The third kappa shape index (κ3) is 3.76. The zero-order valence-electron chi connectivity index (χ0n) is 13.0. The van der Waals surface area contributed by atoms with E-state index < -0.39 is 5.76 Å². The number of fused-ring (bicyclic) bond motifs is 1.